The van der Waals surface area contributed by atoms with E-state index in [1.54, 1.807) is 69.9 Å². The number of nitrogens with one attached hydrogen (secondary N) is 5. The van der Waals surface area contributed by atoms with Crippen LogP contribution in [0.15, 0.2) is 102 Å². The number of unbranched alkanes of at least 4 members (excludes halogenated alkanes) is 5. The molecular formula is C68H86ClN9O10. The van der Waals surface area contributed by atoms with Crippen molar-refractivity contribution in [1.29, 1.82) is 0 Å². The lowest BCUT2D eigenvalue weighted by atomic mass is 9.83. The molecule has 0 saturated carbocycles. The lowest BCUT2D eigenvalue weighted by Crippen LogP contribution is -2.62. The van der Waals surface area contributed by atoms with Crippen LogP contribution in [-0.2, 0) is 49.7 Å². The van der Waals surface area contributed by atoms with Gasteiger partial charge in [0.1, 0.15) is 40.8 Å². The normalized spacial score (nSPS) is 15.5. The first-order valence-electron chi connectivity index (χ1n) is 30.8. The number of carbonyl (C=O) groups is 6. The largest absolute Gasteiger partial charge is 0.494 e. The average molecular weight is 1220 g/mol. The molecule has 6 aromatic rings. The molecule has 8 rings (SSSR count). The SMILES string of the molecule is Cc1nc2c(C(=O)Nc3cccc(OCCCCCC(=O)NCCCCCCOc4ccc5c(c4)CN(C(=O)[C@@H](NC(=O)[C@H](C)N(C)C(=O)OC(C)(C)C)C(C)(C)C)[C@H](C(=O)N[C@@H]4CCCc6ccccc64)C5)c3)c[nH]n2c(=O)c1Cc1ccc(Cl)cc1. The summed E-state index contributed by atoms with van der Waals surface area (Å²) in [5, 5.41) is 15.7. The zero-order chi connectivity index (χ0) is 63.3. The number of hydrogen-bond acceptors (Lipinski definition) is 11. The van der Waals surface area contributed by atoms with Gasteiger partial charge in [-0.2, -0.15) is 0 Å². The van der Waals surface area contributed by atoms with E-state index in [0.717, 1.165) is 86.5 Å². The second kappa shape index (κ2) is 29.7. The van der Waals surface area contributed by atoms with Crippen LogP contribution in [0.5, 0.6) is 11.5 Å². The van der Waals surface area contributed by atoms with Gasteiger partial charge in [0.2, 0.25) is 23.6 Å². The molecular weight excluding hydrogens is 1140 g/mol. The van der Waals surface area contributed by atoms with E-state index in [2.05, 4.69) is 43.5 Å². The van der Waals surface area contributed by atoms with E-state index in [0.29, 0.717) is 66.1 Å². The summed E-state index contributed by atoms with van der Waals surface area (Å²) in [7, 11) is 1.49. The number of carbonyl (C=O) groups excluding carboxylic acids is 6. The maximum atomic E-state index is 15.0. The Kier molecular flexibility index (Phi) is 22.2. The van der Waals surface area contributed by atoms with Gasteiger partial charge in [0.15, 0.2) is 5.65 Å². The fourth-order valence-corrected chi connectivity index (χ4v) is 11.2. The number of nitrogens with zero attached hydrogens (tertiary/aromatic N) is 4. The van der Waals surface area contributed by atoms with Crippen LogP contribution in [0.1, 0.15) is 168 Å². The Morgan fingerprint density at radius 3 is 2.25 bits per heavy atom. The predicted octanol–water partition coefficient (Wildman–Crippen LogP) is 10.8. The van der Waals surface area contributed by atoms with Gasteiger partial charge in [-0.05, 0) is 156 Å². The van der Waals surface area contributed by atoms with Crippen LogP contribution >= 0.6 is 11.6 Å². The standard InChI is InChI=1S/C68H86ClN9O10/c1-43-54(37-45-28-31-49(69)32-29-45)64(83)78-60(72-43)55(41-71-78)62(81)73-50-23-20-24-51(40-50)86-36-18-12-13-27-58(79)70-34-16-10-11-17-35-87-52-33-30-47-39-57(63(82)74-56-26-19-22-46-21-14-15-25-53(46)56)77(42-48(47)38-52)65(84)59(67(3,4)5)75-61(80)44(2)76(9)66(85)88-68(6,7)8/h14-15,20-21,23-25,28-33,38,40-41,44,56-57,59,71H,10-13,16-19,22,26-27,34-37,39,42H2,1-9H3,(H,70,79)(H,73,81)(H,74,82)(H,75,80)/t44-,56+,57-,59+/m0/s1. The topological polar surface area (TPSA) is 235 Å². The number of halogens is 1. The Labute approximate surface area is 521 Å². The molecule has 1 aliphatic heterocycles. The van der Waals surface area contributed by atoms with Gasteiger partial charge >= 0.3 is 6.09 Å². The van der Waals surface area contributed by atoms with E-state index >= 15 is 4.79 Å². The smallest absolute Gasteiger partial charge is 0.410 e. The van der Waals surface area contributed by atoms with Gasteiger partial charge in [-0.25, -0.2) is 14.3 Å². The minimum atomic E-state index is -1.04. The molecule has 0 bridgehead atoms. The highest BCUT2D eigenvalue weighted by molar-refractivity contribution is 6.30. The van der Waals surface area contributed by atoms with E-state index in [9.17, 15) is 28.8 Å². The maximum Gasteiger partial charge on any atom is 0.410 e. The van der Waals surface area contributed by atoms with Crippen molar-refractivity contribution in [2.24, 2.45) is 5.41 Å². The Bertz CT molecular complexity index is 3510. The van der Waals surface area contributed by atoms with E-state index in [1.165, 1.54) is 28.2 Å². The molecule has 4 atom stereocenters. The van der Waals surface area contributed by atoms with Crippen molar-refractivity contribution in [1.82, 2.24) is 40.3 Å². The first-order chi connectivity index (χ1) is 41.9. The molecule has 3 heterocycles. The molecule has 0 radical (unpaired) electrons. The molecule has 0 unspecified atom stereocenters. The maximum absolute atomic E-state index is 15.0. The quantitative estimate of drug-likeness (QED) is 0.0338. The van der Waals surface area contributed by atoms with Crippen LogP contribution < -0.4 is 36.3 Å². The van der Waals surface area contributed by atoms with Crippen LogP contribution in [0.3, 0.4) is 0 Å². The van der Waals surface area contributed by atoms with Crippen molar-refractivity contribution in [3.05, 3.63) is 157 Å². The van der Waals surface area contributed by atoms with Crippen molar-refractivity contribution in [3.63, 3.8) is 0 Å². The van der Waals surface area contributed by atoms with Crippen molar-refractivity contribution >= 4 is 58.6 Å². The van der Waals surface area contributed by atoms with E-state index in [-0.39, 0.29) is 47.6 Å². The summed E-state index contributed by atoms with van der Waals surface area (Å²) in [5.41, 5.74) is 5.19. The number of fused-ring (bicyclic) bond motifs is 3. The molecule has 2 aliphatic rings. The molecule has 6 amide bonds. The zero-order valence-corrected chi connectivity index (χ0v) is 53.1. The number of aromatic amines is 1. The highest BCUT2D eigenvalue weighted by Crippen LogP contribution is 2.34. The Hall–Kier alpha value is -8.19. The summed E-state index contributed by atoms with van der Waals surface area (Å²) in [5.74, 6) is -0.363. The molecule has 19 nitrogen and oxygen atoms in total. The van der Waals surface area contributed by atoms with Crippen LogP contribution in [0.2, 0.25) is 5.02 Å². The third-order valence-corrected chi connectivity index (χ3v) is 16.4. The predicted molar refractivity (Wildman–Crippen MR) is 340 cm³/mol. The van der Waals surface area contributed by atoms with Crippen molar-refractivity contribution in [2.75, 3.05) is 32.1 Å². The van der Waals surface area contributed by atoms with E-state index in [1.807, 2.05) is 69.3 Å². The number of likely N-dealkylation sites (N-methyl/N-ethyl adjacent to an activating group) is 1. The fourth-order valence-electron chi connectivity index (χ4n) is 11.1. The highest BCUT2D eigenvalue weighted by Gasteiger charge is 2.44. The van der Waals surface area contributed by atoms with Gasteiger partial charge in [-0.1, -0.05) is 93.7 Å². The molecule has 470 valence electrons. The number of anilines is 1. The first-order valence-corrected chi connectivity index (χ1v) is 31.2. The van der Waals surface area contributed by atoms with E-state index in [4.69, 9.17) is 25.8 Å². The third kappa shape index (κ3) is 17.5. The highest BCUT2D eigenvalue weighted by atomic mass is 35.5. The second-order valence-electron chi connectivity index (χ2n) is 25.2. The fraction of sp³-hybridized carbons (Fsp3) is 0.471. The Morgan fingerprint density at radius 2 is 1.52 bits per heavy atom. The number of rotatable bonds is 25. The van der Waals surface area contributed by atoms with Gasteiger partial charge in [-0.3, -0.25) is 38.8 Å². The minimum Gasteiger partial charge on any atom is -0.494 e. The van der Waals surface area contributed by atoms with Gasteiger partial charge in [0.05, 0.1) is 19.3 Å². The third-order valence-electron chi connectivity index (χ3n) is 16.2. The first kappa shape index (κ1) is 65.8. The molecule has 88 heavy (non-hydrogen) atoms. The van der Waals surface area contributed by atoms with Gasteiger partial charge in [0, 0.05) is 73.6 Å². The van der Waals surface area contributed by atoms with Crippen molar-refractivity contribution in [3.8, 4) is 11.5 Å². The van der Waals surface area contributed by atoms with Gasteiger partial charge in [0.25, 0.3) is 11.5 Å². The molecule has 4 aromatic carbocycles. The lowest BCUT2D eigenvalue weighted by molar-refractivity contribution is -0.147. The monoisotopic (exact) mass is 1220 g/mol. The second-order valence-corrected chi connectivity index (χ2v) is 25.7. The molecule has 0 fully saturated rings. The molecule has 20 heteroatoms. The number of H-pyrrole nitrogens is 1. The van der Waals surface area contributed by atoms with Crippen LogP contribution in [0, 0.1) is 12.3 Å². The summed E-state index contributed by atoms with van der Waals surface area (Å²) in [4.78, 5) is 103. The van der Waals surface area contributed by atoms with Crippen LogP contribution in [0.25, 0.3) is 5.65 Å². The van der Waals surface area contributed by atoms with Crippen LogP contribution in [-0.4, -0.2) is 111 Å². The Morgan fingerprint density at radius 1 is 0.818 bits per heavy atom. The van der Waals surface area contributed by atoms with Crippen LogP contribution in [0.4, 0.5) is 10.5 Å². The number of ether oxygens (including phenoxy) is 3. The molecule has 1 aliphatic carbocycles. The summed E-state index contributed by atoms with van der Waals surface area (Å²) < 4.78 is 19.0. The molecule has 0 saturated heterocycles. The molecule has 5 N–H and O–H groups in total. The van der Waals surface area contributed by atoms with Gasteiger partial charge in [-0.15, -0.1) is 0 Å². The average Bonchev–Trinajstić information content (AvgIpc) is 1.89. The lowest BCUT2D eigenvalue weighted by Gasteiger charge is -2.42. The number of amides is 6. The summed E-state index contributed by atoms with van der Waals surface area (Å²) in [6.45, 7) is 15.8. The van der Waals surface area contributed by atoms with Crippen molar-refractivity contribution < 1.29 is 43.0 Å². The van der Waals surface area contributed by atoms with Gasteiger partial charge < -0.3 is 40.4 Å². The minimum absolute atomic E-state index is 0.0162. The number of aryl methyl sites for hydroxylation is 2. The number of hydrogen-bond donors (Lipinski definition) is 5. The number of aromatic nitrogens is 3. The summed E-state index contributed by atoms with van der Waals surface area (Å²) in [6, 6.07) is 25.3. The summed E-state index contributed by atoms with van der Waals surface area (Å²) >= 11 is 6.04. The van der Waals surface area contributed by atoms with E-state index < -0.39 is 53.0 Å². The van der Waals surface area contributed by atoms with Crippen molar-refractivity contribution in [2.45, 2.75) is 175 Å². The molecule has 2 aromatic heterocycles. The summed E-state index contributed by atoms with van der Waals surface area (Å²) in [6.07, 6.45) is 10.3. The number of benzene rings is 4. The Balaban J connectivity index is 0.751. The zero-order valence-electron chi connectivity index (χ0n) is 52.3. The molecule has 0 spiro atoms.